The normalized spacial score (nSPS) is 12.3. The Morgan fingerprint density at radius 3 is 2.44 bits per heavy atom. The van der Waals surface area contributed by atoms with Crippen molar-refractivity contribution in [3.63, 3.8) is 0 Å². The van der Waals surface area contributed by atoms with Crippen molar-refractivity contribution >= 4 is 33.0 Å². The van der Waals surface area contributed by atoms with Gasteiger partial charge in [-0.2, -0.15) is 0 Å². The van der Waals surface area contributed by atoms with Crippen molar-refractivity contribution < 1.29 is 18.3 Å². The van der Waals surface area contributed by atoms with Gasteiger partial charge >= 0.3 is 5.97 Å². The van der Waals surface area contributed by atoms with E-state index >= 15 is 0 Å². The van der Waals surface area contributed by atoms with Crippen LogP contribution in [0.5, 0.6) is 0 Å². The molecule has 11 heteroatoms. The van der Waals surface area contributed by atoms with Crippen LogP contribution < -0.4 is 10.6 Å². The summed E-state index contributed by atoms with van der Waals surface area (Å²) in [5, 5.41) is 14.4. The first kappa shape index (κ1) is 25.4. The lowest BCUT2D eigenvalue weighted by Crippen LogP contribution is -2.30. The molecule has 3 N–H and O–H groups in total. The Bertz CT molecular complexity index is 1440. The van der Waals surface area contributed by atoms with Gasteiger partial charge in [-0.15, -0.1) is 11.3 Å². The second-order valence-corrected chi connectivity index (χ2v) is 11.2. The number of thiazole rings is 1. The first-order chi connectivity index (χ1) is 17.2. The Morgan fingerprint density at radius 2 is 1.81 bits per heavy atom. The van der Waals surface area contributed by atoms with Crippen LogP contribution in [0, 0.1) is 13.8 Å². The lowest BCUT2D eigenvalue weighted by molar-refractivity contribution is -0.134. The molecule has 0 bridgehead atoms. The van der Waals surface area contributed by atoms with Gasteiger partial charge in [-0.3, -0.25) is 10.1 Å². The van der Waals surface area contributed by atoms with Crippen molar-refractivity contribution in [1.82, 2.24) is 20.3 Å². The number of aromatic nitrogens is 3. The van der Waals surface area contributed by atoms with Crippen molar-refractivity contribution in [1.29, 1.82) is 0 Å². The first-order valence-corrected chi connectivity index (χ1v) is 13.4. The molecule has 0 aliphatic carbocycles. The monoisotopic (exact) mass is 523 g/mol. The molecule has 1 unspecified atom stereocenters. The van der Waals surface area contributed by atoms with Gasteiger partial charge in [-0.05, 0) is 43.7 Å². The number of anilines is 1. The van der Waals surface area contributed by atoms with Crippen molar-refractivity contribution in [2.75, 3.05) is 11.9 Å². The highest BCUT2D eigenvalue weighted by molar-refractivity contribution is 7.91. The molecule has 0 saturated heterocycles. The predicted molar refractivity (Wildman–Crippen MR) is 138 cm³/mol. The zero-order valence-electron chi connectivity index (χ0n) is 19.7. The zero-order chi connectivity index (χ0) is 25.7. The fourth-order valence-electron chi connectivity index (χ4n) is 3.44. The van der Waals surface area contributed by atoms with Crippen molar-refractivity contribution in [3.8, 4) is 10.6 Å². The van der Waals surface area contributed by atoms with E-state index in [0.29, 0.717) is 0 Å². The van der Waals surface area contributed by atoms with Crippen LogP contribution >= 0.6 is 11.3 Å². The summed E-state index contributed by atoms with van der Waals surface area (Å²) < 4.78 is 27.0. The fourth-order valence-corrected chi connectivity index (χ4v) is 5.83. The van der Waals surface area contributed by atoms with E-state index < -0.39 is 21.2 Å². The summed E-state index contributed by atoms with van der Waals surface area (Å²) in [6.07, 6.45) is 1.42. The summed E-state index contributed by atoms with van der Waals surface area (Å²) >= 11 is 1.63. The SMILES string of the molecule is Cc1nc(-c2ccc(CNC(c3cccc(NCC(=O)O)n3)S(=O)(=O)c3ccccn3)cc2)sc1C. The molecule has 4 aromatic rings. The quantitative estimate of drug-likeness (QED) is 0.282. The van der Waals surface area contributed by atoms with Crippen LogP contribution in [0.2, 0.25) is 0 Å². The molecule has 0 fully saturated rings. The van der Waals surface area contributed by atoms with Crippen LogP contribution in [0.25, 0.3) is 10.6 Å². The summed E-state index contributed by atoms with van der Waals surface area (Å²) in [6.45, 7) is 3.93. The Balaban J connectivity index is 1.60. The van der Waals surface area contributed by atoms with Crippen LogP contribution in [0.3, 0.4) is 0 Å². The number of benzene rings is 1. The Labute approximate surface area is 213 Å². The average molecular weight is 524 g/mol. The molecule has 0 spiro atoms. The third kappa shape index (κ3) is 5.93. The molecular formula is C25H25N5O4S2. The van der Waals surface area contributed by atoms with Gasteiger partial charge in [-0.25, -0.2) is 23.4 Å². The van der Waals surface area contributed by atoms with Crippen molar-refractivity contribution in [2.45, 2.75) is 30.8 Å². The van der Waals surface area contributed by atoms with Crippen molar-refractivity contribution in [3.05, 3.63) is 88.7 Å². The maximum Gasteiger partial charge on any atom is 0.322 e. The third-order valence-electron chi connectivity index (χ3n) is 5.42. The van der Waals surface area contributed by atoms with Crippen LogP contribution in [0.1, 0.15) is 27.2 Å². The molecule has 9 nitrogen and oxygen atoms in total. The first-order valence-electron chi connectivity index (χ1n) is 11.1. The van der Waals surface area contributed by atoms with E-state index in [9.17, 15) is 13.2 Å². The van der Waals surface area contributed by atoms with Gasteiger partial charge in [0.2, 0.25) is 9.84 Å². The highest BCUT2D eigenvalue weighted by Crippen LogP contribution is 2.28. The number of aryl methyl sites for hydroxylation is 2. The summed E-state index contributed by atoms with van der Waals surface area (Å²) in [7, 11) is -3.96. The number of sulfone groups is 1. The van der Waals surface area contributed by atoms with E-state index in [1.807, 2.05) is 38.1 Å². The fraction of sp³-hybridized carbons (Fsp3) is 0.200. The number of nitrogens with one attached hydrogen (secondary N) is 2. The lowest BCUT2D eigenvalue weighted by atomic mass is 10.1. The highest BCUT2D eigenvalue weighted by Gasteiger charge is 2.31. The zero-order valence-corrected chi connectivity index (χ0v) is 21.3. The highest BCUT2D eigenvalue weighted by atomic mass is 32.2. The van der Waals surface area contributed by atoms with Gasteiger partial charge in [0, 0.05) is 23.2 Å². The number of nitrogens with zero attached hydrogens (tertiary/aromatic N) is 3. The van der Waals surface area contributed by atoms with Crippen LogP contribution in [0.4, 0.5) is 5.82 Å². The minimum absolute atomic E-state index is 0.0851. The number of carboxylic acids is 1. The lowest BCUT2D eigenvalue weighted by Gasteiger charge is -2.19. The van der Waals surface area contributed by atoms with E-state index in [0.717, 1.165) is 21.8 Å². The molecule has 3 aromatic heterocycles. The minimum atomic E-state index is -3.96. The molecule has 0 radical (unpaired) electrons. The number of carbonyl (C=O) groups is 1. The maximum absolute atomic E-state index is 13.5. The number of aliphatic carboxylic acids is 1. The molecule has 1 atom stereocenters. The summed E-state index contributed by atoms with van der Waals surface area (Å²) in [4.78, 5) is 25.1. The van der Waals surface area contributed by atoms with Gasteiger partial charge in [0.05, 0.1) is 11.4 Å². The molecular weight excluding hydrogens is 498 g/mol. The molecule has 0 aliphatic heterocycles. The molecule has 4 rings (SSSR count). The average Bonchev–Trinajstić information content (AvgIpc) is 3.22. The summed E-state index contributed by atoms with van der Waals surface area (Å²) in [6, 6.07) is 17.3. The largest absolute Gasteiger partial charge is 0.480 e. The van der Waals surface area contributed by atoms with Gasteiger partial charge in [-0.1, -0.05) is 36.4 Å². The Morgan fingerprint density at radius 1 is 1.03 bits per heavy atom. The Kier molecular flexibility index (Phi) is 7.73. The predicted octanol–water partition coefficient (Wildman–Crippen LogP) is 3.98. The third-order valence-corrected chi connectivity index (χ3v) is 8.40. The van der Waals surface area contributed by atoms with E-state index in [4.69, 9.17) is 5.11 Å². The Hall–Kier alpha value is -3.67. The summed E-state index contributed by atoms with van der Waals surface area (Å²) in [5.41, 5.74) is 3.11. The molecule has 186 valence electrons. The number of hydrogen-bond acceptors (Lipinski definition) is 9. The molecule has 1 aromatic carbocycles. The van der Waals surface area contributed by atoms with Gasteiger partial charge in [0.15, 0.2) is 10.4 Å². The molecule has 36 heavy (non-hydrogen) atoms. The number of carboxylic acid groups (broad SMARTS) is 1. The number of pyridine rings is 2. The topological polar surface area (TPSA) is 134 Å². The molecule has 3 heterocycles. The van der Waals surface area contributed by atoms with Crippen LogP contribution in [-0.4, -0.2) is 41.0 Å². The van der Waals surface area contributed by atoms with Gasteiger partial charge in [0.25, 0.3) is 0 Å². The van der Waals surface area contributed by atoms with E-state index in [1.54, 1.807) is 41.7 Å². The minimum Gasteiger partial charge on any atom is -0.480 e. The van der Waals surface area contributed by atoms with Gasteiger partial charge in [0.1, 0.15) is 17.4 Å². The molecule has 0 saturated carbocycles. The van der Waals surface area contributed by atoms with Crippen molar-refractivity contribution in [2.24, 2.45) is 0 Å². The maximum atomic E-state index is 13.5. The smallest absolute Gasteiger partial charge is 0.322 e. The number of rotatable bonds is 10. The number of hydrogen-bond donors (Lipinski definition) is 3. The molecule has 0 aliphatic rings. The van der Waals surface area contributed by atoms with Gasteiger partial charge < -0.3 is 10.4 Å². The summed E-state index contributed by atoms with van der Waals surface area (Å²) in [5.74, 6) is -0.791. The van der Waals surface area contributed by atoms with E-state index in [-0.39, 0.29) is 29.6 Å². The second kappa shape index (κ2) is 10.9. The van der Waals surface area contributed by atoms with Crippen LogP contribution in [0.15, 0.2) is 71.9 Å². The van der Waals surface area contributed by atoms with Crippen LogP contribution in [-0.2, 0) is 21.2 Å². The van der Waals surface area contributed by atoms with E-state index in [1.165, 1.54) is 17.1 Å². The standard InChI is InChI=1S/C25H25N5O4S2/c1-16-17(2)35-24(29-16)19-11-9-18(10-12-19)14-28-25(36(33,34)22-8-3-4-13-26-22)20-6-5-7-21(30-20)27-15-23(31)32/h3-13,25,28H,14-15H2,1-2H3,(H,27,30)(H,31,32). The second-order valence-electron chi connectivity index (χ2n) is 8.03. The molecule has 0 amide bonds. The van der Waals surface area contributed by atoms with E-state index in [2.05, 4.69) is 25.6 Å².